The molecule has 0 spiro atoms. The van der Waals surface area contributed by atoms with Crippen molar-refractivity contribution in [3.05, 3.63) is 17.5 Å². The predicted molar refractivity (Wildman–Crippen MR) is 57.1 cm³/mol. The van der Waals surface area contributed by atoms with Crippen molar-refractivity contribution in [2.45, 2.75) is 38.0 Å². The second-order valence-corrected chi connectivity index (χ2v) is 4.49. The van der Waals surface area contributed by atoms with Crippen LogP contribution in [0.1, 0.15) is 37.1 Å². The summed E-state index contributed by atoms with van der Waals surface area (Å²) >= 11 is 0. The van der Waals surface area contributed by atoms with Gasteiger partial charge in [-0.1, -0.05) is 12.8 Å². The average molecular weight is 193 g/mol. The lowest BCUT2D eigenvalue weighted by molar-refractivity contribution is 0.417. The Morgan fingerprint density at radius 1 is 1.50 bits per heavy atom. The molecule has 78 valence electrons. The molecule has 3 nitrogen and oxygen atoms in total. The van der Waals surface area contributed by atoms with Gasteiger partial charge < -0.3 is 5.73 Å². The van der Waals surface area contributed by atoms with Crippen molar-refractivity contribution in [1.82, 2.24) is 9.78 Å². The summed E-state index contributed by atoms with van der Waals surface area (Å²) in [5.74, 6) is 0. The minimum atomic E-state index is 0.218. The van der Waals surface area contributed by atoms with Crippen molar-refractivity contribution < 1.29 is 0 Å². The van der Waals surface area contributed by atoms with Crippen molar-refractivity contribution >= 4 is 0 Å². The number of nitrogens with two attached hydrogens (primary N) is 1. The Labute approximate surface area is 85.3 Å². The highest BCUT2D eigenvalue weighted by Gasteiger charge is 2.36. The zero-order valence-electron chi connectivity index (χ0n) is 9.08. The molecule has 2 N–H and O–H groups in total. The highest BCUT2D eigenvalue weighted by atomic mass is 15.3. The lowest BCUT2D eigenvalue weighted by Crippen LogP contribution is -2.34. The molecule has 0 aromatic carbocycles. The molecule has 14 heavy (non-hydrogen) atoms. The highest BCUT2D eigenvalue weighted by molar-refractivity contribution is 5.22. The first kappa shape index (κ1) is 9.71. The van der Waals surface area contributed by atoms with Crippen LogP contribution in [0.25, 0.3) is 0 Å². The number of hydrogen-bond donors (Lipinski definition) is 1. The van der Waals surface area contributed by atoms with Gasteiger partial charge in [0.05, 0.1) is 5.69 Å². The fourth-order valence-corrected chi connectivity index (χ4v) is 2.72. The molecule has 0 radical (unpaired) electrons. The first-order valence-corrected chi connectivity index (χ1v) is 5.39. The fourth-order valence-electron chi connectivity index (χ4n) is 2.72. The number of nitrogens with zero attached hydrogens (tertiary/aromatic N) is 2. The van der Waals surface area contributed by atoms with Gasteiger partial charge in [0.25, 0.3) is 0 Å². The van der Waals surface area contributed by atoms with Crippen LogP contribution in [0, 0.1) is 6.92 Å². The van der Waals surface area contributed by atoms with Crippen LogP contribution in [0.15, 0.2) is 6.07 Å². The van der Waals surface area contributed by atoms with E-state index in [2.05, 4.69) is 11.2 Å². The van der Waals surface area contributed by atoms with E-state index >= 15 is 0 Å². The Kier molecular flexibility index (Phi) is 2.35. The SMILES string of the molecule is Cc1cc(C2(CN)CCCC2)n(C)n1. The molecular formula is C11H19N3. The third-order valence-electron chi connectivity index (χ3n) is 3.50. The fraction of sp³-hybridized carbons (Fsp3) is 0.727. The van der Waals surface area contributed by atoms with Crippen LogP contribution in [-0.2, 0) is 12.5 Å². The molecule has 1 saturated carbocycles. The van der Waals surface area contributed by atoms with E-state index in [4.69, 9.17) is 5.73 Å². The summed E-state index contributed by atoms with van der Waals surface area (Å²) in [6, 6.07) is 2.19. The summed E-state index contributed by atoms with van der Waals surface area (Å²) in [6.45, 7) is 2.80. The molecule has 0 amide bonds. The van der Waals surface area contributed by atoms with Crippen LogP contribution in [0.3, 0.4) is 0 Å². The molecule has 1 heterocycles. The van der Waals surface area contributed by atoms with Crippen LogP contribution in [0.5, 0.6) is 0 Å². The first-order chi connectivity index (χ1) is 6.68. The quantitative estimate of drug-likeness (QED) is 0.773. The lowest BCUT2D eigenvalue weighted by Gasteiger charge is -2.27. The van der Waals surface area contributed by atoms with Crippen molar-refractivity contribution in [2.75, 3.05) is 6.54 Å². The van der Waals surface area contributed by atoms with Crippen molar-refractivity contribution in [3.8, 4) is 0 Å². The van der Waals surface area contributed by atoms with E-state index in [1.54, 1.807) is 0 Å². The van der Waals surface area contributed by atoms with E-state index in [1.807, 2.05) is 18.7 Å². The molecule has 0 saturated heterocycles. The zero-order chi connectivity index (χ0) is 10.2. The van der Waals surface area contributed by atoms with Crippen molar-refractivity contribution in [1.29, 1.82) is 0 Å². The van der Waals surface area contributed by atoms with Gasteiger partial charge in [0.15, 0.2) is 0 Å². The molecule has 2 rings (SSSR count). The minimum absolute atomic E-state index is 0.218. The Balaban J connectivity index is 2.40. The van der Waals surface area contributed by atoms with Crippen LogP contribution in [0.2, 0.25) is 0 Å². The average Bonchev–Trinajstić information content (AvgIpc) is 2.73. The molecule has 1 aromatic rings. The molecule has 1 aliphatic carbocycles. The van der Waals surface area contributed by atoms with E-state index in [-0.39, 0.29) is 5.41 Å². The Morgan fingerprint density at radius 3 is 2.57 bits per heavy atom. The maximum Gasteiger partial charge on any atom is 0.0596 e. The molecular weight excluding hydrogens is 174 g/mol. The standard InChI is InChI=1S/C11H19N3/c1-9-7-10(14(2)13-9)11(8-12)5-3-4-6-11/h7H,3-6,8,12H2,1-2H3. The number of aromatic nitrogens is 2. The lowest BCUT2D eigenvalue weighted by atomic mass is 9.82. The number of rotatable bonds is 2. The van der Waals surface area contributed by atoms with Crippen molar-refractivity contribution in [3.63, 3.8) is 0 Å². The van der Waals surface area contributed by atoms with Crippen LogP contribution in [-0.4, -0.2) is 16.3 Å². The van der Waals surface area contributed by atoms with Gasteiger partial charge in [-0.2, -0.15) is 5.10 Å². The van der Waals surface area contributed by atoms with Gasteiger partial charge in [-0.25, -0.2) is 0 Å². The molecule has 1 aliphatic rings. The summed E-state index contributed by atoms with van der Waals surface area (Å²) in [4.78, 5) is 0. The number of hydrogen-bond acceptors (Lipinski definition) is 2. The van der Waals surface area contributed by atoms with Gasteiger partial charge in [-0.15, -0.1) is 0 Å². The van der Waals surface area contributed by atoms with E-state index < -0.39 is 0 Å². The van der Waals surface area contributed by atoms with E-state index in [1.165, 1.54) is 31.4 Å². The summed E-state index contributed by atoms with van der Waals surface area (Å²) in [5.41, 5.74) is 8.58. The minimum Gasteiger partial charge on any atom is -0.330 e. The maximum atomic E-state index is 5.94. The second kappa shape index (κ2) is 3.39. The molecule has 1 aromatic heterocycles. The van der Waals surface area contributed by atoms with Gasteiger partial charge in [0.2, 0.25) is 0 Å². The Hall–Kier alpha value is -0.830. The smallest absolute Gasteiger partial charge is 0.0596 e. The molecule has 0 bridgehead atoms. The van der Waals surface area contributed by atoms with Gasteiger partial charge >= 0.3 is 0 Å². The monoisotopic (exact) mass is 193 g/mol. The van der Waals surface area contributed by atoms with Gasteiger partial charge in [0, 0.05) is 24.7 Å². The van der Waals surface area contributed by atoms with E-state index in [0.717, 1.165) is 12.2 Å². The van der Waals surface area contributed by atoms with E-state index in [0.29, 0.717) is 0 Å². The van der Waals surface area contributed by atoms with E-state index in [9.17, 15) is 0 Å². The molecule has 0 aliphatic heterocycles. The zero-order valence-corrected chi connectivity index (χ0v) is 9.08. The van der Waals surface area contributed by atoms with Gasteiger partial charge in [0.1, 0.15) is 0 Å². The summed E-state index contributed by atoms with van der Waals surface area (Å²) in [6.07, 6.45) is 5.06. The number of aryl methyl sites for hydroxylation is 2. The van der Waals surface area contributed by atoms with Crippen LogP contribution in [0.4, 0.5) is 0 Å². The van der Waals surface area contributed by atoms with Crippen LogP contribution < -0.4 is 5.73 Å². The summed E-state index contributed by atoms with van der Waals surface area (Å²) in [5, 5.41) is 4.41. The normalized spacial score (nSPS) is 20.2. The van der Waals surface area contributed by atoms with Gasteiger partial charge in [-0.05, 0) is 25.8 Å². The van der Waals surface area contributed by atoms with Crippen molar-refractivity contribution in [2.24, 2.45) is 12.8 Å². The summed E-state index contributed by atoms with van der Waals surface area (Å²) < 4.78 is 2.01. The third kappa shape index (κ3) is 1.36. The molecule has 0 atom stereocenters. The molecule has 1 fully saturated rings. The highest BCUT2D eigenvalue weighted by Crippen LogP contribution is 2.40. The largest absolute Gasteiger partial charge is 0.330 e. The first-order valence-electron chi connectivity index (χ1n) is 5.39. The molecule has 0 unspecified atom stereocenters. The third-order valence-corrected chi connectivity index (χ3v) is 3.50. The van der Waals surface area contributed by atoms with Gasteiger partial charge in [-0.3, -0.25) is 4.68 Å². The maximum absolute atomic E-state index is 5.94. The predicted octanol–water partition coefficient (Wildman–Crippen LogP) is 1.50. The Bertz CT molecular complexity index is 321. The Morgan fingerprint density at radius 2 is 2.14 bits per heavy atom. The topological polar surface area (TPSA) is 43.8 Å². The summed E-state index contributed by atoms with van der Waals surface area (Å²) in [7, 11) is 2.03. The molecule has 3 heteroatoms. The van der Waals surface area contributed by atoms with Crippen LogP contribution >= 0.6 is 0 Å². The second-order valence-electron chi connectivity index (χ2n) is 4.49.